The van der Waals surface area contributed by atoms with Crippen LogP contribution in [-0.4, -0.2) is 24.4 Å². The Bertz CT molecular complexity index is 301. The number of rotatable bonds is 4. The van der Waals surface area contributed by atoms with E-state index < -0.39 is 0 Å². The van der Waals surface area contributed by atoms with Crippen LogP contribution in [0.5, 0.6) is 0 Å². The molecular weight excluding hydrogens is 232 g/mol. The number of likely N-dealkylation sites (N-methyl/N-ethyl adjacent to an activating group) is 1. The van der Waals surface area contributed by atoms with Crippen LogP contribution in [0.15, 0.2) is 22.9 Å². The summed E-state index contributed by atoms with van der Waals surface area (Å²) >= 11 is 3.30. The highest BCUT2D eigenvalue weighted by molar-refractivity contribution is 9.10. The molecule has 1 aromatic heterocycles. The SMILES string of the molecule is CNCC(=O)Cc1cncc(Br)c1. The van der Waals surface area contributed by atoms with Gasteiger partial charge >= 0.3 is 0 Å². The van der Waals surface area contributed by atoms with Crippen LogP contribution in [0.3, 0.4) is 0 Å². The minimum Gasteiger partial charge on any atom is -0.313 e. The first-order valence-corrected chi connectivity index (χ1v) is 4.77. The van der Waals surface area contributed by atoms with Gasteiger partial charge in [0.25, 0.3) is 0 Å². The second-order valence-corrected chi connectivity index (χ2v) is 3.67. The molecule has 4 heteroatoms. The minimum absolute atomic E-state index is 0.169. The molecule has 1 rings (SSSR count). The number of Topliss-reactive ketones (excluding diaryl/α,β-unsaturated/α-hetero) is 1. The molecule has 0 spiro atoms. The first-order valence-electron chi connectivity index (χ1n) is 3.98. The van der Waals surface area contributed by atoms with Gasteiger partial charge in [-0.2, -0.15) is 0 Å². The molecule has 0 aliphatic heterocycles. The quantitative estimate of drug-likeness (QED) is 0.863. The fourth-order valence-corrected chi connectivity index (χ4v) is 1.45. The van der Waals surface area contributed by atoms with E-state index in [1.54, 1.807) is 19.4 Å². The highest BCUT2D eigenvalue weighted by atomic mass is 79.9. The summed E-state index contributed by atoms with van der Waals surface area (Å²) < 4.78 is 0.905. The number of hydrogen-bond donors (Lipinski definition) is 1. The Morgan fingerprint density at radius 3 is 3.00 bits per heavy atom. The Kier molecular flexibility index (Phi) is 4.05. The number of hydrogen-bond acceptors (Lipinski definition) is 3. The Morgan fingerprint density at radius 1 is 1.62 bits per heavy atom. The van der Waals surface area contributed by atoms with Gasteiger partial charge in [0.1, 0.15) is 0 Å². The number of nitrogens with zero attached hydrogens (tertiary/aromatic N) is 1. The Balaban J connectivity index is 2.58. The normalized spacial score (nSPS) is 10.0. The van der Waals surface area contributed by atoms with Crippen molar-refractivity contribution in [3.8, 4) is 0 Å². The Morgan fingerprint density at radius 2 is 2.38 bits per heavy atom. The van der Waals surface area contributed by atoms with Gasteiger partial charge < -0.3 is 5.32 Å². The molecule has 0 fully saturated rings. The lowest BCUT2D eigenvalue weighted by Crippen LogP contribution is -2.20. The average Bonchev–Trinajstić information content (AvgIpc) is 2.04. The lowest BCUT2D eigenvalue weighted by atomic mass is 10.1. The molecule has 0 atom stereocenters. The summed E-state index contributed by atoms with van der Waals surface area (Å²) in [6, 6.07) is 1.90. The summed E-state index contributed by atoms with van der Waals surface area (Å²) in [6.07, 6.45) is 3.84. The van der Waals surface area contributed by atoms with Gasteiger partial charge in [0.05, 0.1) is 6.54 Å². The fraction of sp³-hybridized carbons (Fsp3) is 0.333. The van der Waals surface area contributed by atoms with Crippen LogP contribution < -0.4 is 5.32 Å². The number of carbonyl (C=O) groups is 1. The lowest BCUT2D eigenvalue weighted by molar-refractivity contribution is -0.117. The molecule has 0 radical (unpaired) electrons. The van der Waals surface area contributed by atoms with Crippen molar-refractivity contribution in [2.24, 2.45) is 0 Å². The van der Waals surface area contributed by atoms with Gasteiger partial charge in [-0.15, -0.1) is 0 Å². The largest absolute Gasteiger partial charge is 0.313 e. The summed E-state index contributed by atoms with van der Waals surface area (Å²) in [5.41, 5.74) is 0.939. The van der Waals surface area contributed by atoms with Gasteiger partial charge in [-0.05, 0) is 34.6 Å². The van der Waals surface area contributed by atoms with E-state index in [-0.39, 0.29) is 5.78 Å². The van der Waals surface area contributed by atoms with Gasteiger partial charge in [-0.25, -0.2) is 0 Å². The fourth-order valence-electron chi connectivity index (χ4n) is 1.04. The van der Waals surface area contributed by atoms with Crippen LogP contribution in [0, 0.1) is 0 Å². The van der Waals surface area contributed by atoms with Crippen LogP contribution in [0.1, 0.15) is 5.56 Å². The minimum atomic E-state index is 0.169. The van der Waals surface area contributed by atoms with E-state index in [0.717, 1.165) is 10.0 Å². The molecule has 70 valence electrons. The van der Waals surface area contributed by atoms with E-state index in [9.17, 15) is 4.79 Å². The molecule has 0 bridgehead atoms. The Labute approximate surface area is 85.7 Å². The number of carbonyl (C=O) groups excluding carboxylic acids is 1. The number of ketones is 1. The molecule has 0 aliphatic carbocycles. The summed E-state index contributed by atoms with van der Waals surface area (Å²) in [6.45, 7) is 0.409. The molecule has 0 saturated carbocycles. The third-order valence-corrected chi connectivity index (χ3v) is 1.97. The highest BCUT2D eigenvalue weighted by Gasteiger charge is 2.02. The predicted octanol–water partition coefficient (Wildman–Crippen LogP) is 1.18. The average molecular weight is 243 g/mol. The first kappa shape index (κ1) is 10.3. The van der Waals surface area contributed by atoms with Gasteiger partial charge in [0.2, 0.25) is 0 Å². The van der Waals surface area contributed by atoms with Crippen molar-refractivity contribution < 1.29 is 4.79 Å². The van der Waals surface area contributed by atoms with Crippen molar-refractivity contribution in [1.29, 1.82) is 0 Å². The standard InChI is InChI=1S/C9H11BrN2O/c1-11-6-9(13)3-7-2-8(10)5-12-4-7/h2,4-5,11H,3,6H2,1H3. The zero-order valence-corrected chi connectivity index (χ0v) is 8.97. The van der Waals surface area contributed by atoms with E-state index in [4.69, 9.17) is 0 Å². The maximum atomic E-state index is 11.2. The molecule has 0 aliphatic rings. The number of nitrogens with one attached hydrogen (secondary N) is 1. The van der Waals surface area contributed by atoms with Gasteiger partial charge in [-0.1, -0.05) is 0 Å². The molecule has 3 nitrogen and oxygen atoms in total. The summed E-state index contributed by atoms with van der Waals surface area (Å²) in [5.74, 6) is 0.169. The van der Waals surface area contributed by atoms with Crippen LogP contribution in [-0.2, 0) is 11.2 Å². The molecule has 1 heterocycles. The van der Waals surface area contributed by atoms with Crippen molar-refractivity contribution in [3.63, 3.8) is 0 Å². The third kappa shape index (κ3) is 3.65. The van der Waals surface area contributed by atoms with Crippen molar-refractivity contribution in [2.45, 2.75) is 6.42 Å². The van der Waals surface area contributed by atoms with Gasteiger partial charge in [-0.3, -0.25) is 9.78 Å². The number of halogens is 1. The summed E-state index contributed by atoms with van der Waals surface area (Å²) in [7, 11) is 1.76. The van der Waals surface area contributed by atoms with Crippen molar-refractivity contribution in [1.82, 2.24) is 10.3 Å². The van der Waals surface area contributed by atoms with Gasteiger partial charge in [0, 0.05) is 23.3 Å². The molecular formula is C9H11BrN2O. The van der Waals surface area contributed by atoms with Crippen LogP contribution in [0.2, 0.25) is 0 Å². The molecule has 0 unspecified atom stereocenters. The zero-order valence-electron chi connectivity index (χ0n) is 7.38. The van der Waals surface area contributed by atoms with E-state index in [1.807, 2.05) is 6.07 Å². The molecule has 13 heavy (non-hydrogen) atoms. The van der Waals surface area contributed by atoms with E-state index in [0.29, 0.717) is 13.0 Å². The topological polar surface area (TPSA) is 42.0 Å². The predicted molar refractivity (Wildman–Crippen MR) is 54.6 cm³/mol. The van der Waals surface area contributed by atoms with Crippen molar-refractivity contribution in [2.75, 3.05) is 13.6 Å². The van der Waals surface area contributed by atoms with Crippen LogP contribution in [0.4, 0.5) is 0 Å². The molecule has 0 aromatic carbocycles. The van der Waals surface area contributed by atoms with E-state index in [1.165, 1.54) is 0 Å². The highest BCUT2D eigenvalue weighted by Crippen LogP contribution is 2.09. The second-order valence-electron chi connectivity index (χ2n) is 2.76. The third-order valence-electron chi connectivity index (χ3n) is 1.54. The van der Waals surface area contributed by atoms with Crippen molar-refractivity contribution >= 4 is 21.7 Å². The molecule has 0 amide bonds. The summed E-state index contributed by atoms with van der Waals surface area (Å²) in [4.78, 5) is 15.2. The molecule has 1 N–H and O–H groups in total. The summed E-state index contributed by atoms with van der Waals surface area (Å²) in [5, 5.41) is 2.82. The zero-order chi connectivity index (χ0) is 9.68. The number of pyridine rings is 1. The first-order chi connectivity index (χ1) is 6.22. The second kappa shape index (κ2) is 5.09. The Hall–Kier alpha value is -0.740. The maximum Gasteiger partial charge on any atom is 0.151 e. The van der Waals surface area contributed by atoms with E-state index in [2.05, 4.69) is 26.2 Å². The van der Waals surface area contributed by atoms with Crippen molar-refractivity contribution in [3.05, 3.63) is 28.5 Å². The van der Waals surface area contributed by atoms with Crippen LogP contribution >= 0.6 is 15.9 Å². The van der Waals surface area contributed by atoms with Gasteiger partial charge in [0.15, 0.2) is 5.78 Å². The van der Waals surface area contributed by atoms with E-state index >= 15 is 0 Å². The lowest BCUT2D eigenvalue weighted by Gasteiger charge is -2.00. The monoisotopic (exact) mass is 242 g/mol. The molecule has 1 aromatic rings. The van der Waals surface area contributed by atoms with Crippen LogP contribution in [0.25, 0.3) is 0 Å². The molecule has 0 saturated heterocycles. The smallest absolute Gasteiger partial charge is 0.151 e. The maximum absolute atomic E-state index is 11.2. The number of aromatic nitrogens is 1.